The van der Waals surface area contributed by atoms with E-state index >= 15 is 9.59 Å². The van der Waals surface area contributed by atoms with Crippen LogP contribution < -0.4 is 14.8 Å². The Balaban J connectivity index is 0.00000523. The second kappa shape index (κ2) is 34.9. The summed E-state index contributed by atoms with van der Waals surface area (Å²) in [6.45, 7) is 25.8. The summed E-state index contributed by atoms with van der Waals surface area (Å²) in [5.74, 6) is -7.78. The van der Waals surface area contributed by atoms with Crippen molar-refractivity contribution >= 4 is 56.9 Å². The van der Waals surface area contributed by atoms with Crippen molar-refractivity contribution in [1.82, 2.24) is 19.9 Å². The molecule has 5 heterocycles. The number of likely N-dealkylation sites (N-methyl/N-ethyl adjacent to an activating group) is 1. The number of aromatic nitrogens is 1. The van der Waals surface area contributed by atoms with Crippen molar-refractivity contribution in [3.63, 3.8) is 0 Å². The van der Waals surface area contributed by atoms with Gasteiger partial charge in [-0.05, 0) is 86.8 Å². The number of cyclic esters (lactones) is 1. The first-order valence-electron chi connectivity index (χ1n) is 32.3. The molecule has 4 aliphatic heterocycles. The molecule has 4 fully saturated rings. The number of rotatable bonds is 21. The number of para-hydroxylation sites is 1. The van der Waals surface area contributed by atoms with Gasteiger partial charge in [-0.25, -0.2) is 17.9 Å². The number of nitrogens with zero attached hydrogens (tertiary/aromatic N) is 2. The van der Waals surface area contributed by atoms with Crippen molar-refractivity contribution in [3.8, 4) is 5.75 Å². The number of ether oxygens (including phenoxy) is 12. The fraction of sp³-hybridized carbons (Fsp3) is 0.785. The number of nitrogens with one attached hydrogen (secondary N) is 3. The topological polar surface area (TPSA) is 356 Å². The number of carbonyl (C=O) groups is 5. The molecule has 0 aliphatic carbocycles. The summed E-state index contributed by atoms with van der Waals surface area (Å²) in [5.41, 5.74) is -2.81. The minimum atomic E-state index is -4.22. The highest BCUT2D eigenvalue weighted by Crippen LogP contribution is 2.41. The number of amides is 1. The monoisotopic (exact) mass is 1360 g/mol. The highest BCUT2D eigenvalue weighted by molar-refractivity contribution is 7.89. The molecule has 4 saturated heterocycles. The van der Waals surface area contributed by atoms with E-state index in [1.807, 2.05) is 41.7 Å². The number of aliphatic hydroxyl groups is 2. The van der Waals surface area contributed by atoms with Gasteiger partial charge in [0, 0.05) is 82.0 Å². The second-order valence-electron chi connectivity index (χ2n) is 27.1. The number of benzene rings is 1. The van der Waals surface area contributed by atoms with Crippen LogP contribution in [0.2, 0.25) is 0 Å². The molecule has 1 aromatic heterocycles. The Morgan fingerprint density at radius 1 is 0.883 bits per heavy atom. The van der Waals surface area contributed by atoms with Crippen molar-refractivity contribution in [2.75, 3.05) is 55.2 Å². The second-order valence-corrected chi connectivity index (χ2v) is 28.9. The van der Waals surface area contributed by atoms with Crippen molar-refractivity contribution in [3.05, 3.63) is 24.4 Å². The van der Waals surface area contributed by atoms with Crippen LogP contribution in [0.1, 0.15) is 130 Å². The number of sulfonamides is 1. The quantitative estimate of drug-likeness (QED) is 0.0363. The molecule has 0 saturated carbocycles. The van der Waals surface area contributed by atoms with E-state index in [0.717, 1.165) is 0 Å². The Kier molecular flexibility index (Phi) is 29.5. The van der Waals surface area contributed by atoms with Crippen LogP contribution in [0.4, 0.5) is 4.79 Å². The van der Waals surface area contributed by atoms with Crippen molar-refractivity contribution in [1.29, 1.82) is 0 Å². The van der Waals surface area contributed by atoms with Gasteiger partial charge in [0.25, 0.3) is 6.47 Å². The number of H-pyrrole nitrogens is 1. The van der Waals surface area contributed by atoms with E-state index in [1.165, 1.54) is 41.6 Å². The number of ketones is 1. The molecular weight excluding hydrogens is 1250 g/mol. The fourth-order valence-corrected chi connectivity index (χ4v) is 14.5. The molecule has 1 amide bonds. The van der Waals surface area contributed by atoms with Crippen LogP contribution in [-0.2, 0) is 86.1 Å². The zero-order valence-corrected chi connectivity index (χ0v) is 59.2. The number of hydrogen-bond acceptors (Lipinski definition) is 24. The number of fused-ring (bicyclic) bond motifs is 1. The summed E-state index contributed by atoms with van der Waals surface area (Å²) in [6, 6.07) is 4.96. The van der Waals surface area contributed by atoms with E-state index in [4.69, 9.17) is 71.6 Å². The number of aromatic amines is 1. The third-order valence-corrected chi connectivity index (χ3v) is 19.7. The SMILES string of the molecule is CO/N=C1\C[C@@H](C)O[C@@H](O[C@@H]2[C@@H](C)[C@H](O[C@H]3CC(C)N(C)C[C@H](C)O3)[C@@H](C)C(=O)O[C@H]([C@@H](C)CO[C@@H]3O[C@H](C)[C@@H](O)[C@@H](OC)[C@H]3OC)[C@H](C)[C@@H](OC(=O)CC(C)C)[C@@H](C)C(=O)[C@@](C)(OC(=O)NC(C)(C)CNS(=O)(=O)c3c[nH]c4c(OC)cccc34)C[C@@H]2C)[C@@H]1O.O=CO. The van der Waals surface area contributed by atoms with Gasteiger partial charge in [0.1, 0.15) is 54.4 Å². The number of alkyl carbamates (subject to hydrolysis) is 1. The Hall–Kier alpha value is -5.15. The maximum absolute atomic E-state index is 16.2. The molecule has 22 atom stereocenters. The lowest BCUT2D eigenvalue weighted by molar-refractivity contribution is -0.305. The number of Topliss-reactive ketones (excluding diaryl/α,β-unsaturated/α-hetero) is 1. The summed E-state index contributed by atoms with van der Waals surface area (Å²) in [7, 11) is 3.47. The van der Waals surface area contributed by atoms with Gasteiger partial charge in [-0.3, -0.25) is 19.2 Å². The van der Waals surface area contributed by atoms with E-state index in [0.29, 0.717) is 29.6 Å². The Labute approximate surface area is 553 Å². The highest BCUT2D eigenvalue weighted by atomic mass is 32.2. The highest BCUT2D eigenvalue weighted by Gasteiger charge is 2.53. The number of methoxy groups -OCH3 is 3. The molecule has 0 spiro atoms. The predicted molar refractivity (Wildman–Crippen MR) is 343 cm³/mol. The molecule has 28 nitrogen and oxygen atoms in total. The van der Waals surface area contributed by atoms with E-state index in [9.17, 15) is 28.2 Å². The first-order chi connectivity index (χ1) is 44.0. The standard InChI is InChI=1S/C64H105N5O21S.CH2O2/c1-32(2)24-47(70)86-54-39(9)53(34(4)30-82-61-57(80-19)56(79-18)50(71)42(12)85-61)88-59(74)41(11)55(87-48-25-35(5)69(16)29-37(7)83-48)38(8)52(89-60-51(72)44(68-81-20)26-36(6)84-60)33(3)27-64(15,58(73)40(54)10)90-62(75)67-63(13,14)31-66-91(76,77)46-28-65-49-43(46)22-21-23-45(49)78-17;2-1-3/h21-23,28,32-42,48,50-57,60-61,65-66,71-72H,24-27,29-31H2,1-20H3,(H,67,75);1H,(H,2,3)/b68-44+;/t33-,34-,35?,36+,37-,38+,39-,40+,41+,42+,48-,50+,51+,52-,53+,54+,55-,56+,57+,60-,61+,64-;/m0./s1. The Morgan fingerprint density at radius 2 is 1.54 bits per heavy atom. The lowest BCUT2D eigenvalue weighted by Crippen LogP contribution is -2.59. The van der Waals surface area contributed by atoms with Crippen molar-refractivity contribution < 1.29 is 109 Å². The maximum Gasteiger partial charge on any atom is 0.408 e. The van der Waals surface area contributed by atoms with Gasteiger partial charge in [-0.15, -0.1) is 0 Å². The van der Waals surface area contributed by atoms with Crippen LogP contribution in [0.5, 0.6) is 5.75 Å². The average Bonchev–Trinajstić information content (AvgIpc) is 1.32. The molecule has 0 bridgehead atoms. The van der Waals surface area contributed by atoms with E-state index < -0.39 is 160 Å². The van der Waals surface area contributed by atoms with E-state index in [1.54, 1.807) is 80.5 Å². The van der Waals surface area contributed by atoms with Crippen LogP contribution in [0.15, 0.2) is 34.4 Å². The van der Waals surface area contributed by atoms with E-state index in [2.05, 4.69) is 25.1 Å². The van der Waals surface area contributed by atoms with Gasteiger partial charge in [0.05, 0.1) is 72.8 Å². The summed E-state index contributed by atoms with van der Waals surface area (Å²) < 4.78 is 107. The van der Waals surface area contributed by atoms with E-state index in [-0.39, 0.29) is 67.6 Å². The summed E-state index contributed by atoms with van der Waals surface area (Å²) in [5, 5.41) is 37.1. The molecule has 6 N–H and O–H groups in total. The lowest BCUT2D eigenvalue weighted by atomic mass is 9.74. The normalized spacial score (nSPS) is 35.2. The Morgan fingerprint density at radius 3 is 2.16 bits per heavy atom. The summed E-state index contributed by atoms with van der Waals surface area (Å²) in [6.07, 6.45) is -13.6. The fourth-order valence-electron chi connectivity index (χ4n) is 13.2. The van der Waals surface area contributed by atoms with Gasteiger partial charge >= 0.3 is 18.0 Å². The van der Waals surface area contributed by atoms with Gasteiger partial charge < -0.3 is 92.2 Å². The van der Waals surface area contributed by atoms with Crippen LogP contribution >= 0.6 is 0 Å². The third-order valence-electron chi connectivity index (χ3n) is 18.2. The molecule has 1 aromatic carbocycles. The molecular formula is C65H107N5O23S. The number of carboxylic acid groups (broad SMARTS) is 1. The zero-order chi connectivity index (χ0) is 70.5. The molecule has 4 aliphatic rings. The molecule has 1 unspecified atom stereocenters. The first kappa shape index (κ1) is 79.5. The average molecular weight is 1360 g/mol. The molecule has 6 rings (SSSR count). The number of hydrogen-bond donors (Lipinski definition) is 6. The largest absolute Gasteiger partial charge is 0.495 e. The third kappa shape index (κ3) is 20.2. The van der Waals surface area contributed by atoms with Gasteiger partial charge in [0.2, 0.25) is 10.0 Å². The number of oxime groups is 1. The van der Waals surface area contributed by atoms with Crippen LogP contribution in [-0.4, -0.2) is 228 Å². The summed E-state index contributed by atoms with van der Waals surface area (Å²) >= 11 is 0. The molecule has 29 heteroatoms. The van der Waals surface area contributed by atoms with Crippen LogP contribution in [0.3, 0.4) is 0 Å². The number of carbonyl (C=O) groups excluding carboxylic acids is 4. The zero-order valence-electron chi connectivity index (χ0n) is 58.3. The molecule has 0 radical (unpaired) electrons. The number of esters is 2. The van der Waals surface area contributed by atoms with Crippen LogP contribution in [0.25, 0.3) is 10.9 Å². The predicted octanol–water partition coefficient (Wildman–Crippen LogP) is 5.95. The maximum atomic E-state index is 16.2. The first-order valence-corrected chi connectivity index (χ1v) is 33.8. The number of aliphatic hydroxyl groups excluding tert-OH is 2. The minimum absolute atomic E-state index is 0.0354. The van der Waals surface area contributed by atoms with Gasteiger partial charge in [-0.2, -0.15) is 0 Å². The molecule has 536 valence electrons. The van der Waals surface area contributed by atoms with Crippen LogP contribution in [0, 0.1) is 41.4 Å². The van der Waals surface area contributed by atoms with Gasteiger partial charge in [-0.1, -0.05) is 65.8 Å². The van der Waals surface area contributed by atoms with Crippen molar-refractivity contribution in [2.45, 2.75) is 238 Å². The molecule has 2 aromatic rings. The Bertz CT molecular complexity index is 2930. The smallest absolute Gasteiger partial charge is 0.408 e. The van der Waals surface area contributed by atoms with Crippen molar-refractivity contribution in [2.24, 2.45) is 46.6 Å². The molecule has 94 heavy (non-hydrogen) atoms. The van der Waals surface area contributed by atoms with Gasteiger partial charge in [0.15, 0.2) is 30.3 Å². The lowest BCUT2D eigenvalue weighted by Gasteiger charge is -2.45. The summed E-state index contributed by atoms with van der Waals surface area (Å²) in [4.78, 5) is 79.3. The minimum Gasteiger partial charge on any atom is -0.495 e.